The molecular formula is C14H19ClIN3. The fourth-order valence-corrected chi connectivity index (χ4v) is 2.79. The van der Waals surface area contributed by atoms with Gasteiger partial charge in [0.15, 0.2) is 5.96 Å². The summed E-state index contributed by atoms with van der Waals surface area (Å²) in [5, 5.41) is 7.61. The second-order valence-corrected chi connectivity index (χ2v) is 5.51. The predicted octanol–water partition coefficient (Wildman–Crippen LogP) is 3.14. The Bertz CT molecular complexity index is 458. The molecular weight excluding hydrogens is 373 g/mol. The number of benzene rings is 1. The predicted molar refractivity (Wildman–Crippen MR) is 90.7 cm³/mol. The molecule has 2 N–H and O–H groups in total. The van der Waals surface area contributed by atoms with Crippen LogP contribution >= 0.6 is 35.6 Å². The lowest BCUT2D eigenvalue weighted by Gasteiger charge is -2.37. The van der Waals surface area contributed by atoms with Crippen molar-refractivity contribution in [3.8, 4) is 0 Å². The average molecular weight is 392 g/mol. The molecule has 0 spiro atoms. The van der Waals surface area contributed by atoms with E-state index in [4.69, 9.17) is 11.6 Å². The van der Waals surface area contributed by atoms with Gasteiger partial charge >= 0.3 is 0 Å². The summed E-state index contributed by atoms with van der Waals surface area (Å²) in [6.45, 7) is 1.98. The van der Waals surface area contributed by atoms with Crippen LogP contribution in [0, 0.1) is 0 Å². The Morgan fingerprint density at radius 3 is 2.84 bits per heavy atom. The van der Waals surface area contributed by atoms with Crippen molar-refractivity contribution >= 4 is 41.5 Å². The minimum Gasteiger partial charge on any atom is -0.356 e. The Labute approximate surface area is 136 Å². The minimum atomic E-state index is 0. The molecule has 1 aromatic carbocycles. The van der Waals surface area contributed by atoms with Gasteiger partial charge in [-0.2, -0.15) is 0 Å². The minimum absolute atomic E-state index is 0. The monoisotopic (exact) mass is 391 g/mol. The fraction of sp³-hybridized carbons (Fsp3) is 0.500. The van der Waals surface area contributed by atoms with E-state index in [0.717, 1.165) is 30.5 Å². The van der Waals surface area contributed by atoms with E-state index in [1.54, 1.807) is 0 Å². The van der Waals surface area contributed by atoms with E-state index >= 15 is 0 Å². The van der Waals surface area contributed by atoms with Gasteiger partial charge in [0.2, 0.25) is 0 Å². The first-order valence-corrected chi connectivity index (χ1v) is 6.99. The van der Waals surface area contributed by atoms with Crippen LogP contribution in [0.25, 0.3) is 0 Å². The van der Waals surface area contributed by atoms with E-state index in [1.165, 1.54) is 18.4 Å². The summed E-state index contributed by atoms with van der Waals surface area (Å²) in [6, 6.07) is 8.77. The molecule has 19 heavy (non-hydrogen) atoms. The quantitative estimate of drug-likeness (QED) is 0.760. The second-order valence-electron chi connectivity index (χ2n) is 5.08. The molecule has 0 atom stereocenters. The zero-order valence-electron chi connectivity index (χ0n) is 10.7. The van der Waals surface area contributed by atoms with E-state index in [1.807, 2.05) is 12.1 Å². The van der Waals surface area contributed by atoms with Gasteiger partial charge in [-0.05, 0) is 42.9 Å². The van der Waals surface area contributed by atoms with Crippen molar-refractivity contribution in [1.82, 2.24) is 10.6 Å². The Hall–Kier alpha value is -0.490. The van der Waals surface area contributed by atoms with Crippen LogP contribution in [0.2, 0.25) is 5.02 Å². The number of hydrogen-bond donors (Lipinski definition) is 2. The third-order valence-electron chi connectivity index (χ3n) is 3.70. The maximum absolute atomic E-state index is 6.02. The molecule has 3 nitrogen and oxygen atoms in total. The summed E-state index contributed by atoms with van der Waals surface area (Å²) in [7, 11) is 0. The molecule has 0 amide bonds. The maximum Gasteiger partial charge on any atom is 0.191 e. The van der Waals surface area contributed by atoms with E-state index in [0.29, 0.717) is 12.0 Å². The molecule has 5 heteroatoms. The maximum atomic E-state index is 6.02. The van der Waals surface area contributed by atoms with Crippen molar-refractivity contribution in [3.05, 3.63) is 34.9 Å². The summed E-state index contributed by atoms with van der Waals surface area (Å²) >= 11 is 6.02. The van der Waals surface area contributed by atoms with Gasteiger partial charge in [-0.1, -0.05) is 23.7 Å². The van der Waals surface area contributed by atoms with E-state index in [2.05, 4.69) is 27.8 Å². The van der Waals surface area contributed by atoms with Crippen LogP contribution < -0.4 is 10.6 Å². The molecule has 0 saturated heterocycles. The molecule has 1 saturated carbocycles. The molecule has 1 aliphatic carbocycles. The molecule has 1 fully saturated rings. The first-order valence-electron chi connectivity index (χ1n) is 6.61. The molecule has 0 radical (unpaired) electrons. The molecule has 1 aliphatic heterocycles. The first kappa shape index (κ1) is 14.9. The topological polar surface area (TPSA) is 36.4 Å². The standard InChI is InChI=1S/C14H18ClN3.HI/c15-12-4-1-3-10(7-12)11-8-13(9-11)18-14-16-5-2-6-17-14;/h1,3-4,7,11,13H,2,5-6,8-9H2,(H2,16,17,18);1H. The molecule has 0 aromatic heterocycles. The summed E-state index contributed by atoms with van der Waals surface area (Å²) in [5.74, 6) is 1.63. The summed E-state index contributed by atoms with van der Waals surface area (Å²) in [4.78, 5) is 4.44. The SMILES string of the molecule is Clc1cccc(C2CC(NC3=NCCCN3)C2)c1.I. The van der Waals surface area contributed by atoms with Crippen molar-refractivity contribution < 1.29 is 0 Å². The van der Waals surface area contributed by atoms with Gasteiger partial charge in [0.1, 0.15) is 0 Å². The zero-order valence-corrected chi connectivity index (χ0v) is 13.8. The Kier molecular flexibility index (Phi) is 5.33. The highest BCUT2D eigenvalue weighted by Crippen LogP contribution is 2.37. The van der Waals surface area contributed by atoms with Crippen molar-refractivity contribution in [2.45, 2.75) is 31.2 Å². The molecule has 1 aromatic rings. The van der Waals surface area contributed by atoms with Gasteiger partial charge < -0.3 is 10.6 Å². The Morgan fingerprint density at radius 2 is 2.16 bits per heavy atom. The molecule has 0 unspecified atom stereocenters. The Morgan fingerprint density at radius 1 is 1.32 bits per heavy atom. The van der Waals surface area contributed by atoms with Gasteiger partial charge in [0, 0.05) is 24.2 Å². The van der Waals surface area contributed by atoms with E-state index in [9.17, 15) is 0 Å². The number of halogens is 2. The number of rotatable bonds is 2. The van der Waals surface area contributed by atoms with Crippen LogP contribution in [-0.4, -0.2) is 25.1 Å². The third kappa shape index (κ3) is 3.75. The van der Waals surface area contributed by atoms with E-state index < -0.39 is 0 Å². The van der Waals surface area contributed by atoms with Crippen molar-refractivity contribution in [3.63, 3.8) is 0 Å². The number of guanidine groups is 1. The number of aliphatic imine (C=N–C) groups is 1. The molecule has 104 valence electrons. The summed E-state index contributed by atoms with van der Waals surface area (Å²) < 4.78 is 0. The molecule has 1 heterocycles. The fourth-order valence-electron chi connectivity index (χ4n) is 2.59. The lowest BCUT2D eigenvalue weighted by atomic mass is 9.76. The van der Waals surface area contributed by atoms with Gasteiger partial charge in [-0.3, -0.25) is 4.99 Å². The van der Waals surface area contributed by atoms with Crippen LogP contribution in [0.3, 0.4) is 0 Å². The third-order valence-corrected chi connectivity index (χ3v) is 3.93. The zero-order chi connectivity index (χ0) is 12.4. The van der Waals surface area contributed by atoms with Crippen molar-refractivity contribution in [1.29, 1.82) is 0 Å². The van der Waals surface area contributed by atoms with Crippen LogP contribution in [0.15, 0.2) is 29.3 Å². The van der Waals surface area contributed by atoms with Gasteiger partial charge in [-0.25, -0.2) is 0 Å². The molecule has 2 aliphatic rings. The lowest BCUT2D eigenvalue weighted by molar-refractivity contribution is 0.321. The average Bonchev–Trinajstić information content (AvgIpc) is 2.34. The summed E-state index contributed by atoms with van der Waals surface area (Å²) in [5.41, 5.74) is 1.36. The Balaban J connectivity index is 0.00000133. The molecule has 3 rings (SSSR count). The highest BCUT2D eigenvalue weighted by Gasteiger charge is 2.31. The summed E-state index contributed by atoms with van der Waals surface area (Å²) in [6.07, 6.45) is 3.48. The van der Waals surface area contributed by atoms with Crippen LogP contribution in [0.1, 0.15) is 30.7 Å². The highest BCUT2D eigenvalue weighted by atomic mass is 127. The number of nitrogens with zero attached hydrogens (tertiary/aromatic N) is 1. The van der Waals surface area contributed by atoms with Crippen molar-refractivity contribution in [2.24, 2.45) is 4.99 Å². The van der Waals surface area contributed by atoms with Gasteiger partial charge in [0.05, 0.1) is 0 Å². The van der Waals surface area contributed by atoms with Crippen LogP contribution in [-0.2, 0) is 0 Å². The molecule has 0 bridgehead atoms. The number of hydrogen-bond acceptors (Lipinski definition) is 3. The van der Waals surface area contributed by atoms with Crippen LogP contribution in [0.5, 0.6) is 0 Å². The normalized spacial score (nSPS) is 25.4. The highest BCUT2D eigenvalue weighted by molar-refractivity contribution is 14.0. The van der Waals surface area contributed by atoms with Crippen molar-refractivity contribution in [2.75, 3.05) is 13.1 Å². The second kappa shape index (κ2) is 6.79. The lowest BCUT2D eigenvalue weighted by Crippen LogP contribution is -2.50. The van der Waals surface area contributed by atoms with Gasteiger partial charge in [0.25, 0.3) is 0 Å². The number of nitrogens with one attached hydrogen (secondary N) is 2. The van der Waals surface area contributed by atoms with Gasteiger partial charge in [-0.15, -0.1) is 24.0 Å². The van der Waals surface area contributed by atoms with E-state index in [-0.39, 0.29) is 24.0 Å². The first-order chi connectivity index (χ1) is 8.81. The van der Waals surface area contributed by atoms with Crippen LogP contribution in [0.4, 0.5) is 0 Å². The largest absolute Gasteiger partial charge is 0.356 e. The smallest absolute Gasteiger partial charge is 0.191 e.